The van der Waals surface area contributed by atoms with Crippen molar-refractivity contribution in [3.63, 3.8) is 0 Å². The number of aryl methyl sites for hydroxylation is 1. The number of benzene rings is 1. The van der Waals surface area contributed by atoms with E-state index < -0.39 is 0 Å². The van der Waals surface area contributed by atoms with Gasteiger partial charge in [0.2, 0.25) is 0 Å². The lowest BCUT2D eigenvalue weighted by molar-refractivity contribution is 0.411. The van der Waals surface area contributed by atoms with Crippen LogP contribution in [-0.4, -0.2) is 42.6 Å². The van der Waals surface area contributed by atoms with Gasteiger partial charge in [-0.3, -0.25) is 4.99 Å². The number of ether oxygens (including phenoxy) is 1. The van der Waals surface area contributed by atoms with Gasteiger partial charge in [-0.15, -0.1) is 24.0 Å². The third-order valence-corrected chi connectivity index (χ3v) is 4.49. The second-order valence-electron chi connectivity index (χ2n) is 6.43. The van der Waals surface area contributed by atoms with Crippen molar-refractivity contribution in [1.82, 2.24) is 20.0 Å². The van der Waals surface area contributed by atoms with E-state index in [0.717, 1.165) is 54.5 Å². The number of guanidine groups is 1. The fourth-order valence-corrected chi connectivity index (χ4v) is 2.98. The molecule has 0 aliphatic heterocycles. The number of hydrogen-bond acceptors (Lipinski definition) is 3. The first kappa shape index (κ1) is 22.0. The maximum atomic E-state index is 5.39. The van der Waals surface area contributed by atoms with Crippen LogP contribution in [0.2, 0.25) is 0 Å². The van der Waals surface area contributed by atoms with Gasteiger partial charge in [0.15, 0.2) is 5.96 Å². The predicted octanol–water partition coefficient (Wildman–Crippen LogP) is 3.22. The van der Waals surface area contributed by atoms with E-state index in [-0.39, 0.29) is 24.0 Å². The maximum absolute atomic E-state index is 5.39. The molecule has 7 heteroatoms. The van der Waals surface area contributed by atoms with Gasteiger partial charge in [0.25, 0.3) is 0 Å². The number of aromatic nitrogens is 2. The van der Waals surface area contributed by atoms with Gasteiger partial charge in [0, 0.05) is 39.0 Å². The summed E-state index contributed by atoms with van der Waals surface area (Å²) in [4.78, 5) is 8.90. The molecule has 1 aromatic carbocycles. The molecule has 0 atom stereocenters. The number of rotatable bonds is 7. The lowest BCUT2D eigenvalue weighted by Gasteiger charge is -2.12. The predicted molar refractivity (Wildman–Crippen MR) is 125 cm³/mol. The first-order chi connectivity index (χ1) is 13.2. The Bertz CT molecular complexity index is 889. The Balaban J connectivity index is 0.00000280. The van der Waals surface area contributed by atoms with Gasteiger partial charge in [-0.2, -0.15) is 0 Å². The van der Waals surface area contributed by atoms with Crippen LogP contribution in [0.5, 0.6) is 5.75 Å². The van der Waals surface area contributed by atoms with Gasteiger partial charge in [-0.25, -0.2) is 4.98 Å². The Morgan fingerprint density at radius 3 is 2.64 bits per heavy atom. The van der Waals surface area contributed by atoms with Gasteiger partial charge in [-0.05, 0) is 42.7 Å². The van der Waals surface area contributed by atoms with Crippen molar-refractivity contribution < 1.29 is 4.74 Å². The number of nitrogens with one attached hydrogen (secondary N) is 2. The van der Waals surface area contributed by atoms with Crippen LogP contribution in [0.3, 0.4) is 0 Å². The van der Waals surface area contributed by atoms with Crippen LogP contribution in [-0.2, 0) is 12.8 Å². The molecule has 28 heavy (non-hydrogen) atoms. The highest BCUT2D eigenvalue weighted by molar-refractivity contribution is 14.0. The lowest BCUT2D eigenvalue weighted by Crippen LogP contribution is -2.39. The minimum absolute atomic E-state index is 0. The number of pyridine rings is 1. The zero-order valence-corrected chi connectivity index (χ0v) is 18.9. The fraction of sp³-hybridized carbons (Fsp3) is 0.333. The molecular formula is C21H28IN5O. The van der Waals surface area contributed by atoms with Crippen LogP contribution in [0, 0.1) is 6.92 Å². The van der Waals surface area contributed by atoms with Crippen LogP contribution in [0.25, 0.3) is 5.65 Å². The topological polar surface area (TPSA) is 63.0 Å². The van der Waals surface area contributed by atoms with E-state index in [1.54, 1.807) is 14.2 Å². The molecule has 0 spiro atoms. The molecule has 2 heterocycles. The maximum Gasteiger partial charge on any atom is 0.190 e. The van der Waals surface area contributed by atoms with Gasteiger partial charge in [-0.1, -0.05) is 18.2 Å². The van der Waals surface area contributed by atoms with Gasteiger partial charge >= 0.3 is 0 Å². The molecule has 150 valence electrons. The second kappa shape index (κ2) is 10.9. The van der Waals surface area contributed by atoms with E-state index in [1.165, 1.54) is 5.56 Å². The molecule has 3 rings (SSSR count). The molecule has 0 aliphatic carbocycles. The molecule has 0 saturated heterocycles. The Kier molecular flexibility index (Phi) is 8.56. The first-order valence-corrected chi connectivity index (χ1v) is 9.20. The zero-order chi connectivity index (χ0) is 19.1. The molecule has 2 N–H and O–H groups in total. The lowest BCUT2D eigenvalue weighted by atomic mass is 10.1. The Labute approximate surface area is 183 Å². The molecule has 0 amide bonds. The summed E-state index contributed by atoms with van der Waals surface area (Å²) in [5.41, 5.74) is 4.43. The minimum Gasteiger partial charge on any atom is -0.496 e. The van der Waals surface area contributed by atoms with E-state index in [9.17, 15) is 0 Å². The standard InChI is InChI=1S/C21H27N5O.HI/c1-16-7-8-17(14-19(16)27-3)9-11-23-21(22-2)24-12-10-18-15-26-13-5-4-6-20(26)25-18;/h4-8,13-15H,9-12H2,1-3H3,(H2,22,23,24);1H. The molecule has 0 bridgehead atoms. The first-order valence-electron chi connectivity index (χ1n) is 9.20. The summed E-state index contributed by atoms with van der Waals surface area (Å²) in [6.07, 6.45) is 5.83. The fourth-order valence-electron chi connectivity index (χ4n) is 2.98. The monoisotopic (exact) mass is 493 g/mol. The van der Waals surface area contributed by atoms with Gasteiger partial charge in [0.1, 0.15) is 11.4 Å². The van der Waals surface area contributed by atoms with Crippen LogP contribution in [0.15, 0.2) is 53.8 Å². The normalized spacial score (nSPS) is 11.2. The average Bonchev–Trinajstić information content (AvgIpc) is 3.10. The quantitative estimate of drug-likeness (QED) is 0.302. The average molecular weight is 493 g/mol. The molecular weight excluding hydrogens is 465 g/mol. The summed E-state index contributed by atoms with van der Waals surface area (Å²) >= 11 is 0. The van der Waals surface area contributed by atoms with Crippen molar-refractivity contribution >= 4 is 35.6 Å². The van der Waals surface area contributed by atoms with E-state index in [1.807, 2.05) is 28.8 Å². The summed E-state index contributed by atoms with van der Waals surface area (Å²) in [5.74, 6) is 1.74. The number of hydrogen-bond donors (Lipinski definition) is 2. The number of methoxy groups -OCH3 is 1. The van der Waals surface area contributed by atoms with Crippen molar-refractivity contribution in [3.05, 3.63) is 65.6 Å². The highest BCUT2D eigenvalue weighted by Gasteiger charge is 2.03. The van der Waals surface area contributed by atoms with Crippen molar-refractivity contribution in [2.24, 2.45) is 4.99 Å². The molecule has 0 saturated carbocycles. The largest absolute Gasteiger partial charge is 0.496 e. The highest BCUT2D eigenvalue weighted by Crippen LogP contribution is 2.18. The van der Waals surface area contributed by atoms with E-state index in [0.29, 0.717) is 0 Å². The van der Waals surface area contributed by atoms with E-state index in [2.05, 4.69) is 51.9 Å². The summed E-state index contributed by atoms with van der Waals surface area (Å²) in [6, 6.07) is 12.3. The summed E-state index contributed by atoms with van der Waals surface area (Å²) in [6.45, 7) is 3.64. The minimum atomic E-state index is 0. The second-order valence-corrected chi connectivity index (χ2v) is 6.43. The van der Waals surface area contributed by atoms with E-state index in [4.69, 9.17) is 4.74 Å². The Hall–Kier alpha value is -2.29. The number of nitrogens with zero attached hydrogens (tertiary/aromatic N) is 3. The van der Waals surface area contributed by atoms with Gasteiger partial charge < -0.3 is 19.8 Å². The van der Waals surface area contributed by atoms with Crippen molar-refractivity contribution in [2.45, 2.75) is 19.8 Å². The number of aliphatic imine (C=N–C) groups is 1. The van der Waals surface area contributed by atoms with E-state index >= 15 is 0 Å². The third kappa shape index (κ3) is 5.85. The van der Waals surface area contributed by atoms with Crippen LogP contribution in [0.1, 0.15) is 16.8 Å². The summed E-state index contributed by atoms with van der Waals surface area (Å²) < 4.78 is 7.43. The Morgan fingerprint density at radius 1 is 1.14 bits per heavy atom. The molecule has 0 unspecified atom stereocenters. The molecule has 0 fully saturated rings. The molecule has 3 aromatic rings. The molecule has 0 radical (unpaired) electrons. The summed E-state index contributed by atoms with van der Waals surface area (Å²) in [7, 11) is 3.49. The molecule has 2 aromatic heterocycles. The van der Waals surface area contributed by atoms with Crippen molar-refractivity contribution in [2.75, 3.05) is 27.2 Å². The van der Waals surface area contributed by atoms with Crippen LogP contribution in [0.4, 0.5) is 0 Å². The van der Waals surface area contributed by atoms with Crippen LogP contribution >= 0.6 is 24.0 Å². The number of halogens is 1. The Morgan fingerprint density at radius 2 is 1.93 bits per heavy atom. The highest BCUT2D eigenvalue weighted by atomic mass is 127. The third-order valence-electron chi connectivity index (χ3n) is 4.49. The number of fused-ring (bicyclic) bond motifs is 1. The summed E-state index contributed by atoms with van der Waals surface area (Å²) in [5, 5.41) is 6.70. The van der Waals surface area contributed by atoms with Crippen molar-refractivity contribution in [1.29, 1.82) is 0 Å². The number of imidazole rings is 1. The zero-order valence-electron chi connectivity index (χ0n) is 16.6. The SMILES string of the molecule is CN=C(NCCc1ccc(C)c(OC)c1)NCCc1cn2ccccc2n1.I. The molecule has 6 nitrogen and oxygen atoms in total. The smallest absolute Gasteiger partial charge is 0.190 e. The molecule has 0 aliphatic rings. The van der Waals surface area contributed by atoms with Crippen molar-refractivity contribution in [3.8, 4) is 5.75 Å². The van der Waals surface area contributed by atoms with Gasteiger partial charge in [0.05, 0.1) is 12.8 Å². The van der Waals surface area contributed by atoms with Crippen LogP contribution < -0.4 is 15.4 Å².